The Hall–Kier alpha value is -2.83. The molecule has 3 heterocycles. The molecule has 1 fully saturated rings. The van der Waals surface area contributed by atoms with Crippen LogP contribution in [0.15, 0.2) is 47.5 Å². The minimum absolute atomic E-state index is 0.0322. The summed E-state index contributed by atoms with van der Waals surface area (Å²) in [5, 5.41) is 10.3. The number of allylic oxidation sites excluding steroid dienone is 4. The van der Waals surface area contributed by atoms with E-state index >= 15 is 0 Å². The molecule has 2 aliphatic rings. The number of hydrogen-bond acceptors (Lipinski definition) is 4. The van der Waals surface area contributed by atoms with Crippen LogP contribution in [0.4, 0.5) is 0 Å². The topological polar surface area (TPSA) is 79.3 Å². The predicted molar refractivity (Wildman–Crippen MR) is 104 cm³/mol. The van der Waals surface area contributed by atoms with Gasteiger partial charge >= 0.3 is 0 Å². The van der Waals surface area contributed by atoms with Gasteiger partial charge in [0.25, 0.3) is 11.8 Å². The standard InChI is InChI=1S/C20H27N5O2/c1-5-15-10-14(13(2)3)11-18(21-15)20(27)25-9-6-16(12-25)22-19(26)17-7-8-24(4)23-17/h5,7-8,10-11,13,16,21H,6,9,12H2,1-4H3,(H,22,26). The van der Waals surface area contributed by atoms with Crippen LogP contribution >= 0.6 is 0 Å². The van der Waals surface area contributed by atoms with Gasteiger partial charge in [0.15, 0.2) is 0 Å². The first-order valence-electron chi connectivity index (χ1n) is 9.33. The quantitative estimate of drug-likeness (QED) is 0.847. The summed E-state index contributed by atoms with van der Waals surface area (Å²) in [5.74, 6) is 0.107. The zero-order chi connectivity index (χ0) is 19.6. The molecule has 7 heteroatoms. The summed E-state index contributed by atoms with van der Waals surface area (Å²) in [6, 6.07) is 1.62. The lowest BCUT2D eigenvalue weighted by atomic mass is 9.98. The Kier molecular flexibility index (Phi) is 5.48. The molecule has 0 bridgehead atoms. The van der Waals surface area contributed by atoms with Crippen LogP contribution in [-0.4, -0.2) is 45.6 Å². The maximum Gasteiger partial charge on any atom is 0.272 e. The second-order valence-electron chi connectivity index (χ2n) is 7.31. The number of carbonyl (C=O) groups excluding carboxylic acids is 2. The lowest BCUT2D eigenvalue weighted by Crippen LogP contribution is -2.40. The number of carbonyl (C=O) groups is 2. The number of amides is 2. The molecular formula is C20H27N5O2. The van der Waals surface area contributed by atoms with E-state index in [2.05, 4.69) is 35.7 Å². The molecule has 2 amide bonds. The molecule has 3 rings (SSSR count). The minimum Gasteiger partial charge on any atom is -0.351 e. The number of aromatic nitrogens is 2. The average Bonchev–Trinajstić information content (AvgIpc) is 3.29. The number of dihydropyridines is 1. The molecule has 1 saturated heterocycles. The second-order valence-corrected chi connectivity index (χ2v) is 7.31. The molecule has 1 atom stereocenters. The minimum atomic E-state index is -0.203. The van der Waals surface area contributed by atoms with E-state index in [-0.39, 0.29) is 17.9 Å². The summed E-state index contributed by atoms with van der Waals surface area (Å²) in [5.41, 5.74) is 3.04. The summed E-state index contributed by atoms with van der Waals surface area (Å²) >= 11 is 0. The highest BCUT2D eigenvalue weighted by molar-refractivity contribution is 5.95. The van der Waals surface area contributed by atoms with Crippen LogP contribution in [0.3, 0.4) is 0 Å². The van der Waals surface area contributed by atoms with Crippen molar-refractivity contribution < 1.29 is 9.59 Å². The molecule has 0 aliphatic carbocycles. The van der Waals surface area contributed by atoms with Crippen LogP contribution in [0.25, 0.3) is 0 Å². The Balaban J connectivity index is 1.63. The predicted octanol–water partition coefficient (Wildman–Crippen LogP) is 1.72. The van der Waals surface area contributed by atoms with Gasteiger partial charge in [-0.2, -0.15) is 5.10 Å². The van der Waals surface area contributed by atoms with Crippen molar-refractivity contribution >= 4 is 11.8 Å². The van der Waals surface area contributed by atoms with Crippen molar-refractivity contribution in [2.45, 2.75) is 33.2 Å². The fourth-order valence-corrected chi connectivity index (χ4v) is 3.25. The van der Waals surface area contributed by atoms with Crippen LogP contribution < -0.4 is 10.6 Å². The van der Waals surface area contributed by atoms with Crippen molar-refractivity contribution in [2.75, 3.05) is 13.1 Å². The van der Waals surface area contributed by atoms with E-state index in [9.17, 15) is 9.59 Å². The maximum atomic E-state index is 12.9. The SMILES string of the molecule is CC=C1C=C(C(C)C)C=C(C(=O)N2CCC(NC(=O)c3ccn(C)n3)C2)N1. The Morgan fingerprint density at radius 1 is 1.37 bits per heavy atom. The van der Waals surface area contributed by atoms with Gasteiger partial charge in [0.05, 0.1) is 0 Å². The van der Waals surface area contributed by atoms with Crippen molar-refractivity contribution in [3.8, 4) is 0 Å². The monoisotopic (exact) mass is 369 g/mol. The molecule has 1 aromatic heterocycles. The Labute approximate surface area is 159 Å². The first-order valence-corrected chi connectivity index (χ1v) is 9.33. The van der Waals surface area contributed by atoms with Crippen molar-refractivity contribution in [3.05, 3.63) is 53.2 Å². The largest absolute Gasteiger partial charge is 0.351 e. The average molecular weight is 369 g/mol. The molecule has 2 N–H and O–H groups in total. The summed E-state index contributed by atoms with van der Waals surface area (Å²) < 4.78 is 1.60. The molecule has 0 saturated carbocycles. The molecule has 2 aliphatic heterocycles. The van der Waals surface area contributed by atoms with E-state index < -0.39 is 0 Å². The van der Waals surface area contributed by atoms with Crippen molar-refractivity contribution in [3.63, 3.8) is 0 Å². The number of aryl methyl sites for hydroxylation is 1. The van der Waals surface area contributed by atoms with E-state index in [4.69, 9.17) is 0 Å². The van der Waals surface area contributed by atoms with Crippen LogP contribution in [0.1, 0.15) is 37.7 Å². The Bertz CT molecular complexity index is 831. The van der Waals surface area contributed by atoms with Gasteiger partial charge in [-0.25, -0.2) is 0 Å². The number of hydrogen-bond donors (Lipinski definition) is 2. The van der Waals surface area contributed by atoms with Gasteiger partial charge in [-0.05, 0) is 43.1 Å². The Morgan fingerprint density at radius 2 is 2.15 bits per heavy atom. The van der Waals surface area contributed by atoms with Gasteiger partial charge in [0, 0.05) is 38.1 Å². The zero-order valence-electron chi connectivity index (χ0n) is 16.3. The first kappa shape index (κ1) is 18.9. The van der Waals surface area contributed by atoms with E-state index in [0.29, 0.717) is 30.4 Å². The third-order valence-electron chi connectivity index (χ3n) is 4.88. The summed E-state index contributed by atoms with van der Waals surface area (Å²) in [7, 11) is 1.77. The second kappa shape index (κ2) is 7.82. The van der Waals surface area contributed by atoms with Gasteiger partial charge in [0.2, 0.25) is 0 Å². The van der Waals surface area contributed by atoms with Gasteiger partial charge in [0.1, 0.15) is 11.4 Å². The van der Waals surface area contributed by atoms with Crippen LogP contribution in [-0.2, 0) is 11.8 Å². The third kappa shape index (κ3) is 4.30. The molecule has 0 radical (unpaired) electrons. The van der Waals surface area contributed by atoms with Crippen LogP contribution in [0.2, 0.25) is 0 Å². The Morgan fingerprint density at radius 3 is 2.78 bits per heavy atom. The lowest BCUT2D eigenvalue weighted by molar-refractivity contribution is -0.126. The molecule has 27 heavy (non-hydrogen) atoms. The van der Waals surface area contributed by atoms with Crippen molar-refractivity contribution in [1.29, 1.82) is 0 Å². The fourth-order valence-electron chi connectivity index (χ4n) is 3.25. The van der Waals surface area contributed by atoms with Crippen molar-refractivity contribution in [1.82, 2.24) is 25.3 Å². The smallest absolute Gasteiger partial charge is 0.272 e. The molecule has 0 aromatic carbocycles. The van der Waals surface area contributed by atoms with E-state index in [1.807, 2.05) is 19.1 Å². The molecule has 0 spiro atoms. The molecule has 1 unspecified atom stereocenters. The normalized spacial score (nSPS) is 21.1. The van der Waals surface area contributed by atoms with Crippen LogP contribution in [0.5, 0.6) is 0 Å². The van der Waals surface area contributed by atoms with Crippen molar-refractivity contribution in [2.24, 2.45) is 13.0 Å². The van der Waals surface area contributed by atoms with Gasteiger partial charge in [-0.15, -0.1) is 0 Å². The summed E-state index contributed by atoms with van der Waals surface area (Å²) in [6.45, 7) is 7.30. The number of nitrogens with zero attached hydrogens (tertiary/aromatic N) is 3. The summed E-state index contributed by atoms with van der Waals surface area (Å²) in [6.07, 6.45) is 8.43. The molecular weight excluding hydrogens is 342 g/mol. The molecule has 7 nitrogen and oxygen atoms in total. The zero-order valence-corrected chi connectivity index (χ0v) is 16.3. The van der Waals surface area contributed by atoms with E-state index in [1.54, 1.807) is 28.9 Å². The fraction of sp³-hybridized carbons (Fsp3) is 0.450. The third-order valence-corrected chi connectivity index (χ3v) is 4.88. The van der Waals surface area contributed by atoms with Gasteiger partial charge in [-0.3, -0.25) is 14.3 Å². The molecule has 144 valence electrons. The molecule has 1 aromatic rings. The van der Waals surface area contributed by atoms with E-state index in [1.165, 1.54) is 0 Å². The maximum absolute atomic E-state index is 12.9. The highest BCUT2D eigenvalue weighted by atomic mass is 16.2. The highest BCUT2D eigenvalue weighted by Crippen LogP contribution is 2.22. The van der Waals surface area contributed by atoms with Gasteiger partial charge < -0.3 is 15.5 Å². The number of nitrogens with one attached hydrogen (secondary N) is 2. The number of rotatable bonds is 4. The van der Waals surface area contributed by atoms with Gasteiger partial charge in [-0.1, -0.05) is 19.9 Å². The van der Waals surface area contributed by atoms with E-state index in [0.717, 1.165) is 17.7 Å². The van der Waals surface area contributed by atoms with Crippen LogP contribution in [0, 0.1) is 5.92 Å². The summed E-state index contributed by atoms with van der Waals surface area (Å²) in [4.78, 5) is 27.0. The number of likely N-dealkylation sites (tertiary alicyclic amines) is 1. The lowest BCUT2D eigenvalue weighted by Gasteiger charge is -2.24. The first-order chi connectivity index (χ1) is 12.9. The highest BCUT2D eigenvalue weighted by Gasteiger charge is 2.30.